The predicted molar refractivity (Wildman–Crippen MR) is 186 cm³/mol. The number of halogens is 4. The van der Waals surface area contributed by atoms with Crippen molar-refractivity contribution in [3.8, 4) is 5.75 Å². The largest absolute Gasteiger partial charge is 0.420 e. The molecule has 3 saturated carbocycles. The van der Waals surface area contributed by atoms with Gasteiger partial charge in [0, 0.05) is 10.5 Å². The van der Waals surface area contributed by atoms with Crippen LogP contribution in [-0.2, 0) is 29.2 Å². The van der Waals surface area contributed by atoms with Gasteiger partial charge in [-0.25, -0.2) is 8.78 Å². The van der Waals surface area contributed by atoms with E-state index in [0.717, 1.165) is 88.2 Å². The Morgan fingerprint density at radius 2 is 1.13 bits per heavy atom. The van der Waals surface area contributed by atoms with Gasteiger partial charge in [-0.1, -0.05) is 69.9 Å². The van der Waals surface area contributed by atoms with Gasteiger partial charge in [0.25, 0.3) is 10.1 Å². The van der Waals surface area contributed by atoms with Crippen LogP contribution in [0.25, 0.3) is 0 Å². The zero-order valence-electron chi connectivity index (χ0n) is 28.8. The molecule has 0 spiro atoms. The molecule has 4 atom stereocenters. The second kappa shape index (κ2) is 15.1. The molecule has 0 amide bonds. The zero-order valence-corrected chi connectivity index (χ0v) is 31.2. The molecule has 1 N–H and O–H groups in total. The van der Waals surface area contributed by atoms with Gasteiger partial charge in [0.15, 0.2) is 16.5 Å². The Hall–Kier alpha value is -2.20. The highest BCUT2D eigenvalue weighted by Gasteiger charge is 2.53. The predicted octanol–water partition coefficient (Wildman–Crippen LogP) is 9.21. The monoisotopic (exact) mass is 788 g/mol. The summed E-state index contributed by atoms with van der Waals surface area (Å²) in [5, 5.41) is -1.06. The minimum atomic E-state index is -5.68. The van der Waals surface area contributed by atoms with E-state index in [4.69, 9.17) is 13.5 Å². The van der Waals surface area contributed by atoms with Crippen LogP contribution in [0.1, 0.15) is 144 Å². The number of carbonyl (C=O) groups excluding carboxylic acids is 1. The first-order valence-electron chi connectivity index (χ1n) is 18.6. The molecule has 4 unspecified atom stereocenters. The van der Waals surface area contributed by atoms with Crippen molar-refractivity contribution >= 4 is 38.0 Å². The van der Waals surface area contributed by atoms with E-state index in [-0.39, 0.29) is 24.7 Å². The fourth-order valence-corrected chi connectivity index (χ4v) is 13.5. The molecule has 2 aromatic rings. The lowest BCUT2D eigenvalue weighted by Gasteiger charge is -2.33. The molecule has 7 rings (SSSR count). The van der Waals surface area contributed by atoms with Gasteiger partial charge >= 0.3 is 16.1 Å². The number of hydrogen-bond donors (Lipinski definition) is 1. The van der Waals surface area contributed by atoms with E-state index in [1.807, 2.05) is 0 Å². The van der Waals surface area contributed by atoms with Gasteiger partial charge in [0.05, 0.1) is 12.0 Å². The number of esters is 1. The number of fused-ring (bicyclic) bond motifs is 2. The summed E-state index contributed by atoms with van der Waals surface area (Å²) in [7, 11) is -9.96. The summed E-state index contributed by atoms with van der Waals surface area (Å²) < 4.78 is 130. The minimum Gasteiger partial charge on any atom is -0.420 e. The van der Waals surface area contributed by atoms with E-state index in [2.05, 4.69) is 12.1 Å². The third kappa shape index (κ3) is 7.42. The van der Waals surface area contributed by atoms with Crippen molar-refractivity contribution in [2.24, 2.45) is 5.92 Å². The van der Waals surface area contributed by atoms with Gasteiger partial charge < -0.3 is 4.74 Å². The quantitative estimate of drug-likeness (QED) is 0.0662. The van der Waals surface area contributed by atoms with E-state index in [1.54, 1.807) is 0 Å². The molecular formula is C37H44F4O8S3. The highest BCUT2D eigenvalue weighted by Crippen LogP contribution is 2.53. The van der Waals surface area contributed by atoms with Crippen LogP contribution in [0.3, 0.4) is 0 Å². The van der Waals surface area contributed by atoms with Crippen molar-refractivity contribution in [3.05, 3.63) is 52.1 Å². The lowest BCUT2D eigenvalue weighted by atomic mass is 9.76. The topological polar surface area (TPSA) is 124 Å². The fraction of sp³-hybridized carbons (Fsp3) is 0.649. The number of ether oxygens (including phenoxy) is 1. The third-order valence-electron chi connectivity index (χ3n) is 11.9. The van der Waals surface area contributed by atoms with Crippen molar-refractivity contribution < 1.29 is 52.7 Å². The Morgan fingerprint density at radius 3 is 1.58 bits per heavy atom. The highest BCUT2D eigenvalue weighted by atomic mass is 32.2. The van der Waals surface area contributed by atoms with Crippen LogP contribution in [0, 0.1) is 29.2 Å². The lowest BCUT2D eigenvalue weighted by Crippen LogP contribution is -2.37. The average Bonchev–Trinajstić information content (AvgIpc) is 3.73. The molecule has 5 aliphatic rings. The van der Waals surface area contributed by atoms with Crippen LogP contribution < -0.4 is 4.74 Å². The first kappa shape index (κ1) is 38.1. The van der Waals surface area contributed by atoms with Crippen LogP contribution >= 0.6 is 11.8 Å². The molecule has 52 heavy (non-hydrogen) atoms. The maximum atomic E-state index is 14.6. The van der Waals surface area contributed by atoms with Crippen LogP contribution in [0.4, 0.5) is 17.6 Å². The molecule has 2 saturated heterocycles. The Balaban J connectivity index is 1.14. The third-order valence-corrected chi connectivity index (χ3v) is 16.0. The van der Waals surface area contributed by atoms with Crippen molar-refractivity contribution in [2.45, 2.75) is 153 Å². The van der Waals surface area contributed by atoms with E-state index >= 15 is 0 Å². The second-order valence-electron chi connectivity index (χ2n) is 15.2. The van der Waals surface area contributed by atoms with Crippen molar-refractivity contribution in [1.82, 2.24) is 0 Å². The molecule has 2 bridgehead atoms. The first-order valence-corrected chi connectivity index (χ1v) is 22.3. The second-order valence-corrected chi connectivity index (χ2v) is 19.6. The summed E-state index contributed by atoms with van der Waals surface area (Å²) >= 11 is 1.29. The van der Waals surface area contributed by atoms with Gasteiger partial charge in [-0.15, -0.1) is 0 Å². The SMILES string of the molecule is O=C(Oc1c(F)c(F)c(S(=O)(=O)O)c(F)c1F)C1CC2SC1CC2OS(=O)(=O)c1c(C2CCCCC2)cc(C2CCCCC2)cc1C1CCCCC1. The Labute approximate surface area is 306 Å². The summed E-state index contributed by atoms with van der Waals surface area (Å²) in [5.74, 6) is -12.8. The first-order chi connectivity index (χ1) is 24.7. The molecule has 5 fully saturated rings. The van der Waals surface area contributed by atoms with Crippen LogP contribution in [0.5, 0.6) is 5.75 Å². The molecule has 0 radical (unpaired) electrons. The van der Waals surface area contributed by atoms with Crippen molar-refractivity contribution in [1.29, 1.82) is 0 Å². The van der Waals surface area contributed by atoms with E-state index in [1.165, 1.54) is 36.6 Å². The molecule has 286 valence electrons. The maximum Gasteiger partial charge on any atom is 0.315 e. The summed E-state index contributed by atoms with van der Waals surface area (Å²) in [6, 6.07) is 4.34. The van der Waals surface area contributed by atoms with E-state index < -0.39 is 82.6 Å². The van der Waals surface area contributed by atoms with Gasteiger partial charge in [-0.2, -0.15) is 37.4 Å². The average molecular weight is 789 g/mol. The Bertz CT molecular complexity index is 1850. The summed E-state index contributed by atoms with van der Waals surface area (Å²) in [4.78, 5) is 11.2. The zero-order chi connectivity index (χ0) is 36.9. The van der Waals surface area contributed by atoms with Gasteiger partial charge in [-0.05, 0) is 85.8 Å². The number of benzene rings is 2. The van der Waals surface area contributed by atoms with Crippen LogP contribution in [0.15, 0.2) is 21.9 Å². The van der Waals surface area contributed by atoms with Crippen molar-refractivity contribution in [3.63, 3.8) is 0 Å². The van der Waals surface area contributed by atoms with Crippen LogP contribution in [-0.4, -0.2) is 44.0 Å². The van der Waals surface area contributed by atoms with Crippen LogP contribution in [0.2, 0.25) is 0 Å². The highest BCUT2D eigenvalue weighted by molar-refractivity contribution is 8.01. The molecular weight excluding hydrogens is 745 g/mol. The number of carbonyl (C=O) groups is 1. The van der Waals surface area contributed by atoms with E-state index in [0.29, 0.717) is 10.8 Å². The lowest BCUT2D eigenvalue weighted by molar-refractivity contribution is -0.140. The Morgan fingerprint density at radius 1 is 0.654 bits per heavy atom. The maximum absolute atomic E-state index is 14.6. The number of thioether (sulfide) groups is 1. The standard InChI is InChI=1S/C37H44F4O8S3/c38-30-32(40)36(51(43,44)45)33(41)31(39)34(30)48-37(42)26-18-29-27(19-28(26)50-29)49-52(46,47)35-24(21-12-6-2-7-13-21)16-23(20-10-4-1-5-11-20)17-25(35)22-14-8-3-9-15-22/h16-17,20-22,26-29H,1-15,18-19H2,(H,43,44,45). The van der Waals surface area contributed by atoms with Gasteiger partial charge in [0.1, 0.15) is 4.90 Å². The Kier molecular flexibility index (Phi) is 11.1. The van der Waals surface area contributed by atoms with Gasteiger partial charge in [-0.3, -0.25) is 13.5 Å². The molecule has 3 aliphatic carbocycles. The van der Waals surface area contributed by atoms with Crippen molar-refractivity contribution in [2.75, 3.05) is 0 Å². The smallest absolute Gasteiger partial charge is 0.315 e. The van der Waals surface area contributed by atoms with E-state index in [9.17, 15) is 39.2 Å². The van der Waals surface area contributed by atoms with Gasteiger partial charge in [0.2, 0.25) is 17.4 Å². The summed E-state index contributed by atoms with van der Waals surface area (Å²) in [6.07, 6.45) is 15.2. The fourth-order valence-electron chi connectivity index (χ4n) is 9.35. The molecule has 0 aromatic heterocycles. The molecule has 2 heterocycles. The number of hydrogen-bond acceptors (Lipinski definition) is 8. The summed E-state index contributed by atoms with van der Waals surface area (Å²) in [5.41, 5.74) is 3.00. The molecule has 2 aliphatic heterocycles. The number of rotatable bonds is 9. The molecule has 2 aromatic carbocycles. The normalized spacial score (nSPS) is 26.6. The summed E-state index contributed by atoms with van der Waals surface area (Å²) in [6.45, 7) is 0. The minimum absolute atomic E-state index is 0.0250. The molecule has 15 heteroatoms. The molecule has 8 nitrogen and oxygen atoms in total.